The molecule has 2 aromatic rings. The number of piperazine rings is 1. The van der Waals surface area contributed by atoms with Gasteiger partial charge in [0.25, 0.3) is 5.91 Å². The zero-order valence-corrected chi connectivity index (χ0v) is 17.3. The minimum Gasteiger partial charge on any atom is -0.369 e. The molecule has 0 spiro atoms. The van der Waals surface area contributed by atoms with E-state index in [1.165, 1.54) is 0 Å². The molecule has 0 bridgehead atoms. The Morgan fingerprint density at radius 3 is 2.53 bits per heavy atom. The Morgan fingerprint density at radius 1 is 1.03 bits per heavy atom. The lowest BCUT2D eigenvalue weighted by Crippen LogP contribution is -2.55. The number of carbonyl (C=O) groups excluding carboxylic acids is 2. The number of nitrogens with zero attached hydrogens (tertiary/aromatic N) is 5. The van der Waals surface area contributed by atoms with Crippen molar-refractivity contribution in [2.45, 2.75) is 18.3 Å². The Morgan fingerprint density at radius 2 is 1.83 bits per heavy atom. The van der Waals surface area contributed by atoms with Gasteiger partial charge in [-0.2, -0.15) is 0 Å². The highest BCUT2D eigenvalue weighted by Gasteiger charge is 2.44. The Bertz CT molecular complexity index is 913. The predicted molar refractivity (Wildman–Crippen MR) is 114 cm³/mol. The monoisotopic (exact) mass is 408 g/mol. The van der Waals surface area contributed by atoms with Crippen LogP contribution in [0.3, 0.4) is 0 Å². The summed E-state index contributed by atoms with van der Waals surface area (Å²) >= 11 is 0. The molecule has 4 rings (SSSR count). The molecule has 2 aliphatic rings. The van der Waals surface area contributed by atoms with Gasteiger partial charge in [0.15, 0.2) is 0 Å². The first-order valence-electron chi connectivity index (χ1n) is 10.4. The van der Waals surface area contributed by atoms with Crippen molar-refractivity contribution >= 4 is 17.6 Å². The van der Waals surface area contributed by atoms with Crippen LogP contribution in [0, 0.1) is 0 Å². The summed E-state index contributed by atoms with van der Waals surface area (Å²) in [6.07, 6.45) is 4.63. The minimum atomic E-state index is -0.956. The van der Waals surface area contributed by atoms with Gasteiger partial charge >= 0.3 is 0 Å². The van der Waals surface area contributed by atoms with Gasteiger partial charge < -0.3 is 20.4 Å². The van der Waals surface area contributed by atoms with Crippen molar-refractivity contribution in [3.05, 3.63) is 54.0 Å². The molecule has 2 saturated heterocycles. The van der Waals surface area contributed by atoms with Gasteiger partial charge in [0.05, 0.1) is 5.69 Å². The molecular formula is C22H28N6O2. The first-order valence-corrected chi connectivity index (χ1v) is 10.4. The van der Waals surface area contributed by atoms with Crippen LogP contribution >= 0.6 is 0 Å². The standard InChI is InChI=1S/C22H28N6O2/c1-26-11-13-27(14-12-26)19-15-17(6-9-25-19)20(29)28-10-4-7-22(16-28,21(23)30)18-5-2-3-8-24-18/h2-3,5-6,8-9,15H,4,7,10-14,16H2,1H3,(H2,23,30)/t22-/m1/s1. The zero-order chi connectivity index (χ0) is 21.1. The summed E-state index contributed by atoms with van der Waals surface area (Å²) in [6.45, 7) is 4.54. The van der Waals surface area contributed by atoms with E-state index in [0.717, 1.165) is 32.0 Å². The Kier molecular flexibility index (Phi) is 5.67. The molecule has 0 aromatic carbocycles. The van der Waals surface area contributed by atoms with Crippen LogP contribution in [-0.4, -0.2) is 77.9 Å². The van der Waals surface area contributed by atoms with Crippen molar-refractivity contribution < 1.29 is 9.59 Å². The van der Waals surface area contributed by atoms with E-state index >= 15 is 0 Å². The molecule has 4 heterocycles. The smallest absolute Gasteiger partial charge is 0.254 e. The van der Waals surface area contributed by atoms with E-state index in [2.05, 4.69) is 26.8 Å². The van der Waals surface area contributed by atoms with Crippen molar-refractivity contribution in [2.75, 3.05) is 51.2 Å². The number of nitrogens with two attached hydrogens (primary N) is 1. The van der Waals surface area contributed by atoms with E-state index in [4.69, 9.17) is 5.73 Å². The molecule has 0 aliphatic carbocycles. The molecule has 2 aromatic heterocycles. The molecule has 158 valence electrons. The molecule has 2 amide bonds. The fourth-order valence-electron chi connectivity index (χ4n) is 4.35. The van der Waals surface area contributed by atoms with Crippen molar-refractivity contribution in [3.63, 3.8) is 0 Å². The number of carbonyl (C=O) groups is 2. The van der Waals surface area contributed by atoms with Gasteiger partial charge in [0.2, 0.25) is 5.91 Å². The fraction of sp³-hybridized carbons (Fsp3) is 0.455. The highest BCUT2D eigenvalue weighted by molar-refractivity contribution is 5.96. The maximum atomic E-state index is 13.3. The molecule has 8 nitrogen and oxygen atoms in total. The van der Waals surface area contributed by atoms with E-state index < -0.39 is 11.3 Å². The molecule has 30 heavy (non-hydrogen) atoms. The number of primary amides is 1. The van der Waals surface area contributed by atoms with Gasteiger partial charge in [-0.25, -0.2) is 4.98 Å². The molecule has 2 aliphatic heterocycles. The third-order valence-electron chi connectivity index (χ3n) is 6.23. The van der Waals surface area contributed by atoms with Crippen LogP contribution < -0.4 is 10.6 Å². The second-order valence-corrected chi connectivity index (χ2v) is 8.18. The number of likely N-dealkylation sites (N-methyl/N-ethyl adjacent to an activating group) is 1. The summed E-state index contributed by atoms with van der Waals surface area (Å²) in [6, 6.07) is 9.06. The molecule has 0 radical (unpaired) electrons. The first-order chi connectivity index (χ1) is 14.5. The van der Waals surface area contributed by atoms with Crippen LogP contribution in [0.5, 0.6) is 0 Å². The number of aromatic nitrogens is 2. The molecular weight excluding hydrogens is 380 g/mol. The fourth-order valence-corrected chi connectivity index (χ4v) is 4.35. The topological polar surface area (TPSA) is 95.7 Å². The second kappa shape index (κ2) is 8.39. The van der Waals surface area contributed by atoms with Crippen molar-refractivity contribution in [1.82, 2.24) is 19.8 Å². The number of hydrogen-bond donors (Lipinski definition) is 1. The Hall–Kier alpha value is -3.00. The summed E-state index contributed by atoms with van der Waals surface area (Å²) in [7, 11) is 2.10. The molecule has 8 heteroatoms. The van der Waals surface area contributed by atoms with Crippen LogP contribution in [0.4, 0.5) is 5.82 Å². The second-order valence-electron chi connectivity index (χ2n) is 8.18. The predicted octanol–water partition coefficient (Wildman–Crippen LogP) is 0.888. The van der Waals surface area contributed by atoms with E-state index in [1.807, 2.05) is 18.2 Å². The van der Waals surface area contributed by atoms with Crippen LogP contribution in [0.25, 0.3) is 0 Å². The number of likely N-dealkylation sites (tertiary alicyclic amines) is 1. The van der Waals surface area contributed by atoms with Crippen LogP contribution in [0.1, 0.15) is 28.9 Å². The van der Waals surface area contributed by atoms with Gasteiger partial charge in [0, 0.05) is 57.2 Å². The Balaban J connectivity index is 1.56. The zero-order valence-electron chi connectivity index (χ0n) is 17.3. The normalized spacial score (nSPS) is 22.7. The summed E-state index contributed by atoms with van der Waals surface area (Å²) < 4.78 is 0. The van der Waals surface area contributed by atoms with Crippen LogP contribution in [0.2, 0.25) is 0 Å². The SMILES string of the molecule is CN1CCN(c2cc(C(=O)N3CCC[C@](C(N)=O)(c4ccccn4)C3)ccn2)CC1. The highest BCUT2D eigenvalue weighted by atomic mass is 16.2. The van der Waals surface area contributed by atoms with Gasteiger partial charge in [-0.15, -0.1) is 0 Å². The van der Waals surface area contributed by atoms with Crippen molar-refractivity contribution in [3.8, 4) is 0 Å². The number of pyridine rings is 2. The maximum Gasteiger partial charge on any atom is 0.254 e. The summed E-state index contributed by atoms with van der Waals surface area (Å²) in [5, 5.41) is 0. The lowest BCUT2D eigenvalue weighted by atomic mass is 9.76. The van der Waals surface area contributed by atoms with E-state index in [0.29, 0.717) is 30.6 Å². The van der Waals surface area contributed by atoms with Gasteiger partial charge in [0.1, 0.15) is 11.2 Å². The molecule has 0 saturated carbocycles. The highest BCUT2D eigenvalue weighted by Crippen LogP contribution is 2.33. The van der Waals surface area contributed by atoms with E-state index in [-0.39, 0.29) is 12.5 Å². The van der Waals surface area contributed by atoms with Crippen LogP contribution in [0.15, 0.2) is 42.7 Å². The van der Waals surface area contributed by atoms with Gasteiger partial charge in [-0.3, -0.25) is 14.6 Å². The molecule has 0 unspecified atom stereocenters. The number of rotatable bonds is 4. The average Bonchev–Trinajstić information content (AvgIpc) is 2.79. The van der Waals surface area contributed by atoms with Gasteiger partial charge in [-0.1, -0.05) is 6.07 Å². The summed E-state index contributed by atoms with van der Waals surface area (Å²) in [5.41, 5.74) is 6.09. The van der Waals surface area contributed by atoms with Crippen molar-refractivity contribution in [2.24, 2.45) is 5.73 Å². The average molecular weight is 409 g/mol. The molecule has 1 atom stereocenters. The van der Waals surface area contributed by atoms with Crippen molar-refractivity contribution in [1.29, 1.82) is 0 Å². The van der Waals surface area contributed by atoms with E-state index in [1.54, 1.807) is 29.4 Å². The largest absolute Gasteiger partial charge is 0.369 e. The first kappa shape index (κ1) is 20.3. The molecule has 2 N–H and O–H groups in total. The maximum absolute atomic E-state index is 13.3. The minimum absolute atomic E-state index is 0.103. The number of amides is 2. The summed E-state index contributed by atoms with van der Waals surface area (Å²) in [5.74, 6) is 0.275. The van der Waals surface area contributed by atoms with Crippen LogP contribution in [-0.2, 0) is 10.2 Å². The van der Waals surface area contributed by atoms with Gasteiger partial charge in [-0.05, 0) is 44.2 Å². The summed E-state index contributed by atoms with van der Waals surface area (Å²) in [4.78, 5) is 40.9. The molecule has 2 fully saturated rings. The Labute approximate surface area is 176 Å². The van der Waals surface area contributed by atoms with E-state index in [9.17, 15) is 9.59 Å². The lowest BCUT2D eigenvalue weighted by Gasteiger charge is -2.40. The quantitative estimate of drug-likeness (QED) is 0.807. The number of anilines is 1. The lowest BCUT2D eigenvalue weighted by molar-refractivity contribution is -0.125. The number of hydrogen-bond acceptors (Lipinski definition) is 6. The third kappa shape index (κ3) is 3.87. The third-order valence-corrected chi connectivity index (χ3v) is 6.23. The number of piperidine rings is 1.